The van der Waals surface area contributed by atoms with Gasteiger partial charge in [0.25, 0.3) is 5.56 Å². The maximum atomic E-state index is 12.5. The second-order valence-electron chi connectivity index (χ2n) is 6.48. The highest BCUT2D eigenvalue weighted by Crippen LogP contribution is 2.39. The quantitative estimate of drug-likeness (QED) is 0.765. The summed E-state index contributed by atoms with van der Waals surface area (Å²) < 4.78 is 11.6. The predicted octanol–water partition coefficient (Wildman–Crippen LogP) is 0.884. The third kappa shape index (κ3) is 3.48. The lowest BCUT2D eigenvalue weighted by atomic mass is 9.98. The minimum atomic E-state index is -0.768. The lowest BCUT2D eigenvalue weighted by molar-refractivity contribution is -0.132. The first-order chi connectivity index (χ1) is 13.8. The zero-order chi connectivity index (χ0) is 21.3. The molecule has 3 rings (SSSR count). The van der Waals surface area contributed by atoms with E-state index < -0.39 is 23.2 Å². The van der Waals surface area contributed by atoms with Crippen LogP contribution >= 0.6 is 0 Å². The van der Waals surface area contributed by atoms with E-state index in [9.17, 15) is 19.5 Å². The van der Waals surface area contributed by atoms with Gasteiger partial charge in [-0.05, 0) is 12.1 Å². The van der Waals surface area contributed by atoms with E-state index >= 15 is 0 Å². The fraction of sp³-hybridized carbons (Fsp3) is 0.368. The maximum absolute atomic E-state index is 12.5. The molecule has 0 radical (unpaired) electrons. The number of amides is 1. The van der Waals surface area contributed by atoms with Crippen molar-refractivity contribution in [2.75, 3.05) is 14.2 Å². The lowest BCUT2D eigenvalue weighted by Crippen LogP contribution is -2.32. The van der Waals surface area contributed by atoms with Crippen LogP contribution in [0, 0.1) is 0 Å². The number of H-pyrrole nitrogens is 1. The number of hydrazone groups is 1. The minimum absolute atomic E-state index is 0.143. The Bertz CT molecular complexity index is 1100. The van der Waals surface area contributed by atoms with Gasteiger partial charge >= 0.3 is 5.69 Å². The zero-order valence-electron chi connectivity index (χ0n) is 16.6. The molecule has 0 fully saturated rings. The first kappa shape index (κ1) is 20.2. The van der Waals surface area contributed by atoms with E-state index in [1.54, 1.807) is 25.1 Å². The standard InChI is InChI=1S/C19H22N4O6/c1-5-15(24)23-13(11-7-6-10(28-3)8-14(11)29-4)9-12(21-23)16-17(25)20-19(27)22(2)18(16)26/h6-8,13,26H,5,9H2,1-4H3,(H,20,25,27). The molecule has 29 heavy (non-hydrogen) atoms. The molecule has 0 aliphatic carbocycles. The average Bonchev–Trinajstić information content (AvgIpc) is 3.15. The molecule has 1 aliphatic heterocycles. The van der Waals surface area contributed by atoms with Gasteiger partial charge in [0.15, 0.2) is 0 Å². The summed E-state index contributed by atoms with van der Waals surface area (Å²) in [6, 6.07) is 4.65. The van der Waals surface area contributed by atoms with Crippen molar-refractivity contribution in [1.82, 2.24) is 14.6 Å². The molecule has 0 saturated heterocycles. The minimum Gasteiger partial charge on any atom is -0.497 e. The Morgan fingerprint density at radius 3 is 2.66 bits per heavy atom. The van der Waals surface area contributed by atoms with Crippen LogP contribution in [-0.2, 0) is 11.8 Å². The van der Waals surface area contributed by atoms with Gasteiger partial charge in [-0.1, -0.05) is 6.92 Å². The lowest BCUT2D eigenvalue weighted by Gasteiger charge is -2.23. The number of aromatic hydroxyl groups is 1. The van der Waals surface area contributed by atoms with Gasteiger partial charge in [-0.15, -0.1) is 0 Å². The number of aromatic nitrogens is 2. The van der Waals surface area contributed by atoms with E-state index in [2.05, 4.69) is 10.1 Å². The second-order valence-corrected chi connectivity index (χ2v) is 6.48. The number of rotatable bonds is 5. The van der Waals surface area contributed by atoms with Gasteiger partial charge in [-0.2, -0.15) is 5.10 Å². The van der Waals surface area contributed by atoms with Crippen molar-refractivity contribution >= 4 is 11.6 Å². The van der Waals surface area contributed by atoms with E-state index in [1.807, 2.05) is 0 Å². The summed E-state index contributed by atoms with van der Waals surface area (Å²) in [5.41, 5.74) is -0.783. The highest BCUT2D eigenvalue weighted by Gasteiger charge is 2.36. The van der Waals surface area contributed by atoms with Crippen molar-refractivity contribution in [1.29, 1.82) is 0 Å². The summed E-state index contributed by atoms with van der Waals surface area (Å²) in [6.45, 7) is 1.70. The Morgan fingerprint density at radius 1 is 1.31 bits per heavy atom. The Balaban J connectivity index is 2.12. The van der Waals surface area contributed by atoms with Crippen LogP contribution in [0.3, 0.4) is 0 Å². The van der Waals surface area contributed by atoms with Gasteiger partial charge in [-0.3, -0.25) is 19.1 Å². The maximum Gasteiger partial charge on any atom is 0.330 e. The number of hydrogen-bond acceptors (Lipinski definition) is 7. The number of carbonyl (C=O) groups excluding carboxylic acids is 1. The molecule has 1 aliphatic rings. The summed E-state index contributed by atoms with van der Waals surface area (Å²) in [7, 11) is 4.36. The molecule has 1 atom stereocenters. The van der Waals surface area contributed by atoms with E-state index in [1.165, 1.54) is 26.3 Å². The largest absolute Gasteiger partial charge is 0.497 e. The Labute approximate surface area is 166 Å². The Morgan fingerprint density at radius 2 is 2.03 bits per heavy atom. The molecular weight excluding hydrogens is 380 g/mol. The topological polar surface area (TPSA) is 126 Å². The molecule has 0 saturated carbocycles. The van der Waals surface area contributed by atoms with Gasteiger partial charge in [0.2, 0.25) is 11.8 Å². The van der Waals surface area contributed by atoms with E-state index in [0.717, 1.165) is 4.57 Å². The molecule has 2 aromatic rings. The molecule has 1 amide bonds. The first-order valence-electron chi connectivity index (χ1n) is 8.96. The number of methoxy groups -OCH3 is 2. The molecule has 0 spiro atoms. The van der Waals surface area contributed by atoms with Crippen LogP contribution < -0.4 is 20.7 Å². The third-order valence-electron chi connectivity index (χ3n) is 4.85. The summed E-state index contributed by atoms with van der Waals surface area (Å²) >= 11 is 0. The van der Waals surface area contributed by atoms with Crippen LogP contribution in [0.2, 0.25) is 0 Å². The van der Waals surface area contributed by atoms with E-state index in [4.69, 9.17) is 9.47 Å². The van der Waals surface area contributed by atoms with E-state index in [-0.39, 0.29) is 30.0 Å². The van der Waals surface area contributed by atoms with Gasteiger partial charge in [0, 0.05) is 31.5 Å². The fourth-order valence-corrected chi connectivity index (χ4v) is 3.26. The normalized spacial score (nSPS) is 15.9. The number of hydrogen-bond donors (Lipinski definition) is 2. The van der Waals surface area contributed by atoms with Crippen LogP contribution in [0.25, 0.3) is 0 Å². The molecule has 0 bridgehead atoms. The van der Waals surface area contributed by atoms with Crippen LogP contribution in [-0.4, -0.2) is 45.5 Å². The smallest absolute Gasteiger partial charge is 0.330 e. The van der Waals surface area contributed by atoms with Crippen molar-refractivity contribution in [2.24, 2.45) is 12.1 Å². The monoisotopic (exact) mass is 402 g/mol. The molecule has 10 nitrogen and oxygen atoms in total. The highest BCUT2D eigenvalue weighted by atomic mass is 16.5. The van der Waals surface area contributed by atoms with Crippen LogP contribution in [0.5, 0.6) is 17.4 Å². The SMILES string of the molecule is CCC(=O)N1N=C(c2c(O)n(C)c(=O)[nH]c2=O)CC1c1ccc(OC)cc1OC. The van der Waals surface area contributed by atoms with Crippen molar-refractivity contribution in [3.63, 3.8) is 0 Å². The number of benzene rings is 1. The number of nitrogens with zero attached hydrogens (tertiary/aromatic N) is 3. The van der Waals surface area contributed by atoms with Gasteiger partial charge in [0.05, 0.1) is 26.0 Å². The van der Waals surface area contributed by atoms with Gasteiger partial charge in [-0.25, -0.2) is 9.80 Å². The van der Waals surface area contributed by atoms with Gasteiger partial charge in [0.1, 0.15) is 17.1 Å². The average molecular weight is 402 g/mol. The molecule has 1 unspecified atom stereocenters. The molecule has 2 N–H and O–H groups in total. The molecule has 154 valence electrons. The highest BCUT2D eigenvalue weighted by molar-refractivity contribution is 6.04. The molecule has 1 aromatic carbocycles. The number of carbonyl (C=O) groups is 1. The molecular formula is C19H22N4O6. The number of nitrogens with one attached hydrogen (secondary N) is 1. The van der Waals surface area contributed by atoms with Crippen molar-refractivity contribution in [2.45, 2.75) is 25.8 Å². The fourth-order valence-electron chi connectivity index (χ4n) is 3.26. The van der Waals surface area contributed by atoms with Crippen molar-refractivity contribution in [3.05, 3.63) is 50.2 Å². The summed E-state index contributed by atoms with van der Waals surface area (Å²) in [5.74, 6) is 0.316. The summed E-state index contributed by atoms with van der Waals surface area (Å²) in [6.07, 6.45) is 0.352. The van der Waals surface area contributed by atoms with Crippen LogP contribution in [0.4, 0.5) is 0 Å². The summed E-state index contributed by atoms with van der Waals surface area (Å²) in [5, 5.41) is 15.9. The van der Waals surface area contributed by atoms with Crippen molar-refractivity contribution < 1.29 is 19.4 Å². The predicted molar refractivity (Wildman–Crippen MR) is 105 cm³/mol. The Hall–Kier alpha value is -3.56. The second kappa shape index (κ2) is 7.82. The van der Waals surface area contributed by atoms with Crippen molar-refractivity contribution in [3.8, 4) is 17.4 Å². The summed E-state index contributed by atoms with van der Waals surface area (Å²) in [4.78, 5) is 38.7. The van der Waals surface area contributed by atoms with Gasteiger partial charge < -0.3 is 14.6 Å². The number of ether oxygens (including phenoxy) is 2. The number of aromatic amines is 1. The zero-order valence-corrected chi connectivity index (χ0v) is 16.6. The van der Waals surface area contributed by atoms with Crippen LogP contribution in [0.15, 0.2) is 32.9 Å². The Kier molecular flexibility index (Phi) is 5.44. The molecule has 2 heterocycles. The van der Waals surface area contributed by atoms with E-state index in [0.29, 0.717) is 17.1 Å². The first-order valence-corrected chi connectivity index (χ1v) is 8.96. The van der Waals surface area contributed by atoms with Crippen LogP contribution in [0.1, 0.15) is 36.9 Å². The molecule has 1 aromatic heterocycles. The third-order valence-corrected chi connectivity index (χ3v) is 4.85. The molecule has 10 heteroatoms.